The van der Waals surface area contributed by atoms with Crippen LogP contribution in [-0.2, 0) is 0 Å². The Kier molecular flexibility index (Phi) is 4.42. The number of benzene rings is 1. The van der Waals surface area contributed by atoms with Crippen LogP contribution in [-0.4, -0.2) is 13.7 Å². The molecule has 17 heavy (non-hydrogen) atoms. The van der Waals surface area contributed by atoms with E-state index in [4.69, 9.17) is 16.3 Å². The first-order valence-electron chi connectivity index (χ1n) is 5.38. The van der Waals surface area contributed by atoms with E-state index in [1.165, 1.54) is 4.88 Å². The second-order valence-electron chi connectivity index (χ2n) is 3.63. The smallest absolute Gasteiger partial charge is 0.120 e. The highest BCUT2D eigenvalue weighted by atomic mass is 35.5. The van der Waals surface area contributed by atoms with Crippen molar-refractivity contribution in [2.45, 2.75) is 6.04 Å². The minimum Gasteiger partial charge on any atom is -0.492 e. The molecule has 4 heteroatoms. The summed E-state index contributed by atoms with van der Waals surface area (Å²) < 4.78 is 5.72. The van der Waals surface area contributed by atoms with Crippen molar-refractivity contribution in [2.24, 2.45) is 0 Å². The summed E-state index contributed by atoms with van der Waals surface area (Å²) in [6, 6.07) is 11.8. The van der Waals surface area contributed by atoms with Crippen LogP contribution in [0.2, 0.25) is 5.02 Å². The molecule has 0 radical (unpaired) electrons. The molecule has 90 valence electrons. The predicted molar refractivity (Wildman–Crippen MR) is 73.1 cm³/mol. The van der Waals surface area contributed by atoms with Gasteiger partial charge in [-0.1, -0.05) is 23.7 Å². The van der Waals surface area contributed by atoms with E-state index in [0.29, 0.717) is 11.6 Å². The molecule has 1 atom stereocenters. The van der Waals surface area contributed by atoms with E-state index in [0.717, 1.165) is 5.75 Å². The lowest BCUT2D eigenvalue weighted by Gasteiger charge is -2.15. The van der Waals surface area contributed by atoms with Crippen LogP contribution in [0.3, 0.4) is 0 Å². The molecule has 0 bridgehead atoms. The van der Waals surface area contributed by atoms with Gasteiger partial charge in [-0.3, -0.25) is 0 Å². The van der Waals surface area contributed by atoms with Gasteiger partial charge in [-0.25, -0.2) is 0 Å². The fourth-order valence-corrected chi connectivity index (χ4v) is 2.54. The zero-order valence-electron chi connectivity index (χ0n) is 9.52. The Labute approximate surface area is 110 Å². The summed E-state index contributed by atoms with van der Waals surface area (Å²) in [5.74, 6) is 0.800. The Morgan fingerprint density at radius 1 is 1.35 bits per heavy atom. The molecule has 0 fully saturated rings. The van der Waals surface area contributed by atoms with E-state index in [9.17, 15) is 0 Å². The molecular formula is C13H14ClNOS. The highest BCUT2D eigenvalue weighted by Crippen LogP contribution is 2.22. The number of halogens is 1. The predicted octanol–water partition coefficient (Wildman–Crippen LogP) is 3.74. The van der Waals surface area contributed by atoms with Gasteiger partial charge in [0.25, 0.3) is 0 Å². The topological polar surface area (TPSA) is 21.3 Å². The molecular weight excluding hydrogens is 254 g/mol. The third-order valence-electron chi connectivity index (χ3n) is 2.45. The average molecular weight is 268 g/mol. The molecule has 1 aromatic carbocycles. The first kappa shape index (κ1) is 12.4. The van der Waals surface area contributed by atoms with E-state index in [2.05, 4.69) is 16.8 Å². The summed E-state index contributed by atoms with van der Waals surface area (Å²) >= 11 is 7.63. The summed E-state index contributed by atoms with van der Waals surface area (Å²) in [4.78, 5) is 1.27. The van der Waals surface area contributed by atoms with Crippen LogP contribution in [0.5, 0.6) is 5.75 Å². The van der Waals surface area contributed by atoms with Crippen molar-refractivity contribution in [3.63, 3.8) is 0 Å². The Hall–Kier alpha value is -1.03. The van der Waals surface area contributed by atoms with Gasteiger partial charge in [-0.05, 0) is 36.7 Å². The minimum absolute atomic E-state index is 0.217. The maximum atomic E-state index is 5.90. The van der Waals surface area contributed by atoms with E-state index >= 15 is 0 Å². The van der Waals surface area contributed by atoms with Crippen LogP contribution in [0.25, 0.3) is 0 Å². The number of ether oxygens (including phenoxy) is 1. The second kappa shape index (κ2) is 6.05. The van der Waals surface area contributed by atoms with Crippen molar-refractivity contribution < 1.29 is 4.74 Å². The summed E-state index contributed by atoms with van der Waals surface area (Å²) in [5, 5.41) is 6.00. The van der Waals surface area contributed by atoms with Gasteiger partial charge >= 0.3 is 0 Å². The summed E-state index contributed by atoms with van der Waals surface area (Å²) in [7, 11) is 1.94. The van der Waals surface area contributed by atoms with Crippen LogP contribution in [0, 0.1) is 0 Å². The SMILES string of the molecule is CNC(COc1cccc(Cl)c1)c1cccs1. The van der Waals surface area contributed by atoms with Gasteiger partial charge in [0.15, 0.2) is 0 Å². The van der Waals surface area contributed by atoms with E-state index < -0.39 is 0 Å². The molecule has 0 amide bonds. The number of likely N-dealkylation sites (N-methyl/N-ethyl adjacent to an activating group) is 1. The molecule has 1 unspecified atom stereocenters. The van der Waals surface area contributed by atoms with E-state index in [-0.39, 0.29) is 6.04 Å². The Morgan fingerprint density at radius 3 is 2.88 bits per heavy atom. The largest absolute Gasteiger partial charge is 0.492 e. The Bertz CT molecular complexity index is 458. The monoisotopic (exact) mass is 267 g/mol. The maximum Gasteiger partial charge on any atom is 0.120 e. The van der Waals surface area contributed by atoms with Crippen LogP contribution in [0.1, 0.15) is 10.9 Å². The summed E-state index contributed by atoms with van der Waals surface area (Å²) in [5.41, 5.74) is 0. The molecule has 0 saturated heterocycles. The highest BCUT2D eigenvalue weighted by molar-refractivity contribution is 7.10. The Morgan fingerprint density at radius 2 is 2.24 bits per heavy atom. The molecule has 1 aromatic heterocycles. The fraction of sp³-hybridized carbons (Fsp3) is 0.231. The second-order valence-corrected chi connectivity index (χ2v) is 5.04. The minimum atomic E-state index is 0.217. The summed E-state index contributed by atoms with van der Waals surface area (Å²) in [6.07, 6.45) is 0. The first-order valence-corrected chi connectivity index (χ1v) is 6.64. The maximum absolute atomic E-state index is 5.90. The Balaban J connectivity index is 1.97. The molecule has 0 saturated carbocycles. The third kappa shape index (κ3) is 3.46. The van der Waals surface area contributed by atoms with E-state index in [1.54, 1.807) is 11.3 Å². The quantitative estimate of drug-likeness (QED) is 0.891. The highest BCUT2D eigenvalue weighted by Gasteiger charge is 2.10. The van der Waals surface area contributed by atoms with Crippen LogP contribution in [0.4, 0.5) is 0 Å². The molecule has 1 N–H and O–H groups in total. The lowest BCUT2D eigenvalue weighted by molar-refractivity contribution is 0.275. The van der Waals surface area contributed by atoms with Crippen molar-refractivity contribution >= 4 is 22.9 Å². The molecule has 0 aliphatic heterocycles. The van der Waals surface area contributed by atoms with Crippen molar-refractivity contribution in [1.29, 1.82) is 0 Å². The molecule has 1 heterocycles. The van der Waals surface area contributed by atoms with Crippen molar-refractivity contribution in [2.75, 3.05) is 13.7 Å². The standard InChI is InChI=1S/C13H14ClNOS/c1-15-12(13-6-3-7-17-13)9-16-11-5-2-4-10(14)8-11/h2-8,12,15H,9H2,1H3. The number of thiophene rings is 1. The van der Waals surface area contributed by atoms with Crippen molar-refractivity contribution in [3.05, 3.63) is 51.7 Å². The van der Waals surface area contributed by atoms with Gasteiger partial charge in [0.05, 0.1) is 6.04 Å². The number of rotatable bonds is 5. The average Bonchev–Trinajstić information content (AvgIpc) is 2.84. The van der Waals surface area contributed by atoms with Gasteiger partial charge in [0, 0.05) is 9.90 Å². The molecule has 2 aromatic rings. The van der Waals surface area contributed by atoms with Crippen LogP contribution in [0.15, 0.2) is 41.8 Å². The number of hydrogen-bond acceptors (Lipinski definition) is 3. The number of nitrogens with one attached hydrogen (secondary N) is 1. The van der Waals surface area contributed by atoms with Gasteiger partial charge in [0.2, 0.25) is 0 Å². The lowest BCUT2D eigenvalue weighted by Crippen LogP contribution is -2.22. The van der Waals surface area contributed by atoms with Gasteiger partial charge < -0.3 is 10.1 Å². The van der Waals surface area contributed by atoms with Crippen LogP contribution >= 0.6 is 22.9 Å². The van der Waals surface area contributed by atoms with Gasteiger partial charge in [0.1, 0.15) is 12.4 Å². The molecule has 2 rings (SSSR count). The van der Waals surface area contributed by atoms with Gasteiger partial charge in [-0.2, -0.15) is 0 Å². The normalized spacial score (nSPS) is 12.4. The lowest BCUT2D eigenvalue weighted by atomic mass is 10.2. The van der Waals surface area contributed by atoms with Crippen LogP contribution < -0.4 is 10.1 Å². The molecule has 0 aliphatic rings. The fourth-order valence-electron chi connectivity index (χ4n) is 1.53. The summed E-state index contributed by atoms with van der Waals surface area (Å²) in [6.45, 7) is 0.595. The van der Waals surface area contributed by atoms with Crippen molar-refractivity contribution in [3.8, 4) is 5.75 Å². The molecule has 0 spiro atoms. The van der Waals surface area contributed by atoms with E-state index in [1.807, 2.05) is 37.4 Å². The first-order chi connectivity index (χ1) is 8.29. The third-order valence-corrected chi connectivity index (χ3v) is 3.67. The number of hydrogen-bond donors (Lipinski definition) is 1. The zero-order chi connectivity index (χ0) is 12.1. The molecule has 2 nitrogen and oxygen atoms in total. The van der Waals surface area contributed by atoms with Gasteiger partial charge in [-0.15, -0.1) is 11.3 Å². The van der Waals surface area contributed by atoms with Crippen molar-refractivity contribution in [1.82, 2.24) is 5.32 Å². The zero-order valence-corrected chi connectivity index (χ0v) is 11.1. The molecule has 0 aliphatic carbocycles.